The van der Waals surface area contributed by atoms with Gasteiger partial charge in [-0.25, -0.2) is 4.79 Å². The lowest BCUT2D eigenvalue weighted by molar-refractivity contribution is -0.142. The second-order valence-electron chi connectivity index (χ2n) is 3.55. The Morgan fingerprint density at radius 2 is 2.35 bits per heavy atom. The Morgan fingerprint density at radius 1 is 1.65 bits per heavy atom. The zero-order valence-electron chi connectivity index (χ0n) is 9.22. The summed E-state index contributed by atoms with van der Waals surface area (Å²) in [7, 11) is 0. The Labute approximate surface area is 103 Å². The predicted octanol–water partition coefficient (Wildman–Crippen LogP) is -0.335. The predicted molar refractivity (Wildman–Crippen MR) is 63.4 cm³/mol. The molecule has 0 spiro atoms. The van der Waals surface area contributed by atoms with E-state index in [2.05, 4.69) is 11.9 Å². The molecule has 1 saturated heterocycles. The number of carbonyl (C=O) groups is 3. The normalized spacial score (nSPS) is 16.7. The first kappa shape index (κ1) is 13.6. The zero-order valence-corrected chi connectivity index (χ0v) is 10.0. The number of hydrogen-bond acceptors (Lipinski definition) is 4. The van der Waals surface area contributed by atoms with Crippen LogP contribution in [0.15, 0.2) is 12.7 Å². The number of rotatable bonds is 6. The molecule has 1 aliphatic rings. The lowest BCUT2D eigenvalue weighted by Gasteiger charge is -2.17. The van der Waals surface area contributed by atoms with Crippen LogP contribution >= 0.6 is 11.8 Å². The van der Waals surface area contributed by atoms with Gasteiger partial charge in [-0.1, -0.05) is 6.08 Å². The molecule has 2 N–H and O–H groups in total. The molecule has 1 aliphatic heterocycles. The van der Waals surface area contributed by atoms with E-state index >= 15 is 0 Å². The maximum Gasteiger partial charge on any atom is 0.326 e. The largest absolute Gasteiger partial charge is 0.480 e. The van der Waals surface area contributed by atoms with Gasteiger partial charge in [0.25, 0.3) is 0 Å². The van der Waals surface area contributed by atoms with Crippen molar-refractivity contribution in [2.75, 3.05) is 18.2 Å². The van der Waals surface area contributed by atoms with Crippen molar-refractivity contribution in [2.45, 2.75) is 12.5 Å². The molecule has 0 bridgehead atoms. The van der Waals surface area contributed by atoms with Crippen LogP contribution in [0.5, 0.6) is 0 Å². The van der Waals surface area contributed by atoms with Crippen LogP contribution in [0, 0.1) is 0 Å². The van der Waals surface area contributed by atoms with Gasteiger partial charge in [-0.3, -0.25) is 9.59 Å². The van der Waals surface area contributed by atoms with E-state index in [1.807, 2.05) is 0 Å². The van der Waals surface area contributed by atoms with E-state index in [1.165, 1.54) is 22.7 Å². The van der Waals surface area contributed by atoms with E-state index in [-0.39, 0.29) is 18.9 Å². The molecule has 1 heterocycles. The summed E-state index contributed by atoms with van der Waals surface area (Å²) in [5.74, 6) is -0.815. The maximum atomic E-state index is 11.5. The number of carbonyl (C=O) groups excluding carboxylic acids is 2. The Balaban J connectivity index is 2.44. The van der Waals surface area contributed by atoms with Crippen LogP contribution < -0.4 is 5.32 Å². The number of thioether (sulfide) groups is 1. The lowest BCUT2D eigenvalue weighted by atomic mass is 10.2. The highest BCUT2D eigenvalue weighted by Crippen LogP contribution is 2.13. The third-order valence-electron chi connectivity index (χ3n) is 2.20. The molecule has 0 saturated carbocycles. The van der Waals surface area contributed by atoms with Crippen LogP contribution in [0.25, 0.3) is 0 Å². The molecule has 0 aromatic carbocycles. The average Bonchev–Trinajstić information content (AvgIpc) is 2.63. The van der Waals surface area contributed by atoms with Crippen molar-refractivity contribution in [1.82, 2.24) is 10.2 Å². The Hall–Kier alpha value is -1.50. The van der Waals surface area contributed by atoms with Crippen molar-refractivity contribution in [3.8, 4) is 0 Å². The molecule has 0 aromatic rings. The van der Waals surface area contributed by atoms with Gasteiger partial charge in [0.05, 0.1) is 11.6 Å². The molecule has 1 fully saturated rings. The highest BCUT2D eigenvalue weighted by molar-refractivity contribution is 8.00. The van der Waals surface area contributed by atoms with Crippen molar-refractivity contribution < 1.29 is 19.5 Å². The summed E-state index contributed by atoms with van der Waals surface area (Å²) >= 11 is 1.43. The minimum atomic E-state index is -1.11. The maximum absolute atomic E-state index is 11.5. The molecular weight excluding hydrogens is 244 g/mol. The van der Waals surface area contributed by atoms with Crippen molar-refractivity contribution in [2.24, 2.45) is 0 Å². The average molecular weight is 258 g/mol. The molecule has 0 radical (unpaired) electrons. The van der Waals surface area contributed by atoms with Gasteiger partial charge in [-0.05, 0) is 6.42 Å². The third kappa shape index (κ3) is 4.10. The number of nitrogens with one attached hydrogen (secondary N) is 1. The Bertz CT molecular complexity index is 345. The Kier molecular flexibility index (Phi) is 5.02. The number of carboxylic acid groups (broad SMARTS) is 1. The molecule has 0 aromatic heterocycles. The molecule has 2 amide bonds. The van der Waals surface area contributed by atoms with Crippen LogP contribution in [0.3, 0.4) is 0 Å². The van der Waals surface area contributed by atoms with Crippen LogP contribution in [0.2, 0.25) is 0 Å². The topological polar surface area (TPSA) is 86.7 Å². The first-order valence-electron chi connectivity index (χ1n) is 5.03. The van der Waals surface area contributed by atoms with E-state index in [0.29, 0.717) is 11.6 Å². The number of amides is 2. The minimum Gasteiger partial charge on any atom is -0.480 e. The molecule has 1 atom stereocenters. The zero-order chi connectivity index (χ0) is 12.8. The highest BCUT2D eigenvalue weighted by Gasteiger charge is 2.25. The van der Waals surface area contributed by atoms with Crippen LogP contribution in [-0.4, -0.2) is 52.0 Å². The molecule has 6 nitrogen and oxygen atoms in total. The summed E-state index contributed by atoms with van der Waals surface area (Å²) < 4.78 is 0. The second kappa shape index (κ2) is 6.29. The van der Waals surface area contributed by atoms with Crippen LogP contribution in [0.1, 0.15) is 6.42 Å². The van der Waals surface area contributed by atoms with E-state index in [9.17, 15) is 14.4 Å². The fourth-order valence-corrected chi connectivity index (χ4v) is 2.25. The highest BCUT2D eigenvalue weighted by atomic mass is 32.2. The van der Waals surface area contributed by atoms with Gasteiger partial charge in [0.15, 0.2) is 0 Å². The smallest absolute Gasteiger partial charge is 0.326 e. The summed E-state index contributed by atoms with van der Waals surface area (Å²) in [5, 5.41) is 11.2. The summed E-state index contributed by atoms with van der Waals surface area (Å²) in [6.45, 7) is 3.33. The van der Waals surface area contributed by atoms with Gasteiger partial charge in [-0.2, -0.15) is 0 Å². The summed E-state index contributed by atoms with van der Waals surface area (Å²) in [4.78, 5) is 34.9. The minimum absolute atomic E-state index is 0.0905. The molecule has 17 heavy (non-hydrogen) atoms. The van der Waals surface area contributed by atoms with Gasteiger partial charge in [0.2, 0.25) is 11.8 Å². The fraction of sp³-hybridized carbons (Fsp3) is 0.500. The van der Waals surface area contributed by atoms with Gasteiger partial charge >= 0.3 is 5.97 Å². The van der Waals surface area contributed by atoms with E-state index in [0.717, 1.165) is 0 Å². The molecule has 1 rings (SSSR count). The lowest BCUT2D eigenvalue weighted by Crippen LogP contribution is -2.45. The van der Waals surface area contributed by atoms with Crippen LogP contribution in [0.4, 0.5) is 0 Å². The van der Waals surface area contributed by atoms with E-state index in [4.69, 9.17) is 5.11 Å². The van der Waals surface area contributed by atoms with Crippen LogP contribution in [-0.2, 0) is 14.4 Å². The SMILES string of the molecule is C=CCC(NC(=O)CN1CSCC1=O)C(=O)O. The van der Waals surface area contributed by atoms with Gasteiger partial charge in [-0.15, -0.1) is 18.3 Å². The summed E-state index contributed by atoms with van der Waals surface area (Å²) in [6, 6.07) is -0.981. The van der Waals surface area contributed by atoms with Crippen molar-refractivity contribution in [3.63, 3.8) is 0 Å². The number of nitrogens with zero attached hydrogens (tertiary/aromatic N) is 1. The summed E-state index contributed by atoms with van der Waals surface area (Å²) in [6.07, 6.45) is 1.58. The summed E-state index contributed by atoms with van der Waals surface area (Å²) in [5.41, 5.74) is 0. The van der Waals surface area contributed by atoms with Gasteiger partial charge in [0, 0.05) is 0 Å². The van der Waals surface area contributed by atoms with Gasteiger partial charge < -0.3 is 15.3 Å². The molecular formula is C10H14N2O4S. The van der Waals surface area contributed by atoms with E-state index < -0.39 is 17.9 Å². The van der Waals surface area contributed by atoms with Crippen molar-refractivity contribution in [3.05, 3.63) is 12.7 Å². The van der Waals surface area contributed by atoms with Gasteiger partial charge in [0.1, 0.15) is 12.6 Å². The molecule has 1 unspecified atom stereocenters. The number of hydrogen-bond donors (Lipinski definition) is 2. The number of carboxylic acids is 1. The fourth-order valence-electron chi connectivity index (χ4n) is 1.34. The molecule has 0 aliphatic carbocycles. The van der Waals surface area contributed by atoms with E-state index in [1.54, 1.807) is 0 Å². The molecule has 7 heteroatoms. The standard InChI is InChI=1S/C10H14N2O4S/c1-2-3-7(10(15)16)11-8(13)4-12-6-17-5-9(12)14/h2,7H,1,3-6H2,(H,11,13)(H,15,16). The first-order chi connectivity index (χ1) is 8.04. The number of aliphatic carboxylic acids is 1. The third-order valence-corrected chi connectivity index (χ3v) is 3.14. The van der Waals surface area contributed by atoms with Crippen molar-refractivity contribution >= 4 is 29.5 Å². The molecule has 94 valence electrons. The van der Waals surface area contributed by atoms with Crippen molar-refractivity contribution in [1.29, 1.82) is 0 Å². The monoisotopic (exact) mass is 258 g/mol. The quantitative estimate of drug-likeness (QED) is 0.637. The first-order valence-corrected chi connectivity index (χ1v) is 6.18. The second-order valence-corrected chi connectivity index (χ2v) is 4.51. The Morgan fingerprint density at radius 3 is 2.82 bits per heavy atom.